The summed E-state index contributed by atoms with van der Waals surface area (Å²) in [4.78, 5) is 8.90. The van der Waals surface area contributed by atoms with E-state index in [1.54, 1.807) is 11.8 Å². The number of nitrogens with zero attached hydrogens (tertiary/aromatic N) is 3. The van der Waals surface area contributed by atoms with Crippen LogP contribution in [-0.2, 0) is 0 Å². The van der Waals surface area contributed by atoms with Gasteiger partial charge < -0.3 is 5.32 Å². The smallest absolute Gasteiger partial charge is 0.187 e. The topological polar surface area (TPSA) is 61.6 Å². The van der Waals surface area contributed by atoms with Gasteiger partial charge in [-0.3, -0.25) is 0 Å². The average molecular weight is 264 g/mol. The molecule has 1 N–H and O–H groups in total. The highest BCUT2D eigenvalue weighted by Gasteiger charge is 2.08. The Kier molecular flexibility index (Phi) is 6.10. The molecule has 18 heavy (non-hydrogen) atoms. The second-order valence-electron chi connectivity index (χ2n) is 4.18. The third kappa shape index (κ3) is 4.28. The van der Waals surface area contributed by atoms with Gasteiger partial charge in [-0.05, 0) is 39.3 Å². The molecule has 1 unspecified atom stereocenters. The van der Waals surface area contributed by atoms with E-state index in [-0.39, 0.29) is 6.04 Å². The molecule has 0 amide bonds. The summed E-state index contributed by atoms with van der Waals surface area (Å²) in [5, 5.41) is 12.9. The largest absolute Gasteiger partial charge is 0.302 e. The van der Waals surface area contributed by atoms with Gasteiger partial charge in [0.1, 0.15) is 0 Å². The van der Waals surface area contributed by atoms with Gasteiger partial charge in [0, 0.05) is 17.1 Å². The summed E-state index contributed by atoms with van der Waals surface area (Å²) in [7, 11) is 0. The summed E-state index contributed by atoms with van der Waals surface area (Å²) in [5.41, 5.74) is 3.23. The van der Waals surface area contributed by atoms with Gasteiger partial charge in [0.05, 0.1) is 12.1 Å². The molecule has 0 bridgehead atoms. The fraction of sp³-hybridized carbons (Fsp3) is 0.615. The normalized spacial score (nSPS) is 12.2. The van der Waals surface area contributed by atoms with E-state index in [0.29, 0.717) is 0 Å². The number of hydrogen-bond acceptors (Lipinski definition) is 5. The molecule has 1 rings (SSSR count). The van der Waals surface area contributed by atoms with Crippen LogP contribution in [0.2, 0.25) is 0 Å². The molecular formula is C13H20N4S. The van der Waals surface area contributed by atoms with E-state index >= 15 is 0 Å². The predicted octanol–water partition coefficient (Wildman–Crippen LogP) is 2.39. The lowest BCUT2D eigenvalue weighted by atomic mass is 10.2. The number of aryl methyl sites for hydroxylation is 2. The van der Waals surface area contributed by atoms with Crippen LogP contribution in [0.25, 0.3) is 0 Å². The molecule has 0 aliphatic rings. The van der Waals surface area contributed by atoms with Crippen molar-refractivity contribution in [2.24, 2.45) is 0 Å². The summed E-state index contributed by atoms with van der Waals surface area (Å²) >= 11 is 1.61. The van der Waals surface area contributed by atoms with Crippen LogP contribution in [0.15, 0.2) is 5.16 Å². The van der Waals surface area contributed by atoms with Gasteiger partial charge >= 0.3 is 0 Å². The van der Waals surface area contributed by atoms with Crippen molar-refractivity contribution in [1.82, 2.24) is 15.3 Å². The minimum Gasteiger partial charge on any atom is -0.302 e. The van der Waals surface area contributed by atoms with Gasteiger partial charge in [-0.1, -0.05) is 18.7 Å². The van der Waals surface area contributed by atoms with Crippen LogP contribution in [0.3, 0.4) is 0 Å². The van der Waals surface area contributed by atoms with Gasteiger partial charge in [0.15, 0.2) is 5.16 Å². The van der Waals surface area contributed by atoms with E-state index in [0.717, 1.165) is 40.8 Å². The Morgan fingerprint density at radius 3 is 2.39 bits per heavy atom. The zero-order chi connectivity index (χ0) is 13.5. The fourth-order valence-electron chi connectivity index (χ4n) is 1.53. The first-order valence-electron chi connectivity index (χ1n) is 6.16. The van der Waals surface area contributed by atoms with Crippen molar-refractivity contribution in [3.63, 3.8) is 0 Å². The van der Waals surface area contributed by atoms with Gasteiger partial charge in [-0.25, -0.2) is 9.97 Å². The molecule has 0 saturated heterocycles. The lowest BCUT2D eigenvalue weighted by molar-refractivity contribution is 0.612. The quantitative estimate of drug-likeness (QED) is 0.631. The molecule has 1 atom stereocenters. The molecule has 0 spiro atoms. The minimum atomic E-state index is -0.0739. The molecule has 4 nitrogen and oxygen atoms in total. The highest BCUT2D eigenvalue weighted by molar-refractivity contribution is 7.99. The van der Waals surface area contributed by atoms with E-state index in [2.05, 4.69) is 21.4 Å². The number of rotatable bonds is 6. The fourth-order valence-corrected chi connectivity index (χ4v) is 2.47. The van der Waals surface area contributed by atoms with E-state index < -0.39 is 0 Å². The van der Waals surface area contributed by atoms with Gasteiger partial charge in [0.2, 0.25) is 0 Å². The Bertz CT molecular complexity index is 416. The Labute approximate surface area is 113 Å². The molecule has 98 valence electrons. The maximum atomic E-state index is 8.93. The average Bonchev–Trinajstić information content (AvgIpc) is 2.34. The van der Waals surface area contributed by atoms with Crippen molar-refractivity contribution >= 4 is 11.8 Å². The molecule has 0 aromatic carbocycles. The molecule has 0 aliphatic carbocycles. The highest BCUT2D eigenvalue weighted by Crippen LogP contribution is 2.18. The number of nitrogens with one attached hydrogen (secondary N) is 1. The molecule has 1 aromatic heterocycles. The summed E-state index contributed by atoms with van der Waals surface area (Å²) in [6.45, 7) is 8.88. The standard InChI is InChI=1S/C13H20N4S/c1-5-15-12(8-14)6-7-18-13-16-10(3)9(2)11(4)17-13/h12,15H,5-7H2,1-4H3. The summed E-state index contributed by atoms with van der Waals surface area (Å²) < 4.78 is 0. The molecule has 5 heteroatoms. The summed E-state index contributed by atoms with van der Waals surface area (Å²) in [6.07, 6.45) is 0.810. The van der Waals surface area contributed by atoms with Crippen molar-refractivity contribution in [2.45, 2.75) is 45.3 Å². The molecular weight excluding hydrogens is 244 g/mol. The van der Waals surface area contributed by atoms with E-state index in [4.69, 9.17) is 5.26 Å². The second-order valence-corrected chi connectivity index (χ2v) is 5.24. The van der Waals surface area contributed by atoms with Gasteiger partial charge in [0.25, 0.3) is 0 Å². The number of aromatic nitrogens is 2. The van der Waals surface area contributed by atoms with Crippen LogP contribution in [0.1, 0.15) is 30.3 Å². The first-order chi connectivity index (χ1) is 8.58. The maximum absolute atomic E-state index is 8.93. The van der Waals surface area contributed by atoms with Crippen LogP contribution >= 0.6 is 11.8 Å². The van der Waals surface area contributed by atoms with E-state index in [1.165, 1.54) is 0 Å². The van der Waals surface area contributed by atoms with Gasteiger partial charge in [-0.15, -0.1) is 0 Å². The Balaban J connectivity index is 2.52. The van der Waals surface area contributed by atoms with Crippen molar-refractivity contribution < 1.29 is 0 Å². The van der Waals surface area contributed by atoms with Crippen molar-refractivity contribution in [3.05, 3.63) is 17.0 Å². The molecule has 1 aromatic rings. The van der Waals surface area contributed by atoms with Crippen LogP contribution in [0.5, 0.6) is 0 Å². The van der Waals surface area contributed by atoms with Crippen LogP contribution in [-0.4, -0.2) is 28.3 Å². The highest BCUT2D eigenvalue weighted by atomic mass is 32.2. The number of nitriles is 1. The molecule has 1 heterocycles. The molecule has 0 saturated carbocycles. The SMILES string of the molecule is CCNC(C#N)CCSc1nc(C)c(C)c(C)n1. The Morgan fingerprint density at radius 1 is 1.28 bits per heavy atom. The van der Waals surface area contributed by atoms with E-state index in [1.807, 2.05) is 27.7 Å². The Hall–Kier alpha value is -1.12. The zero-order valence-electron chi connectivity index (χ0n) is 11.4. The Morgan fingerprint density at radius 2 is 1.89 bits per heavy atom. The molecule has 0 radical (unpaired) electrons. The third-order valence-corrected chi connectivity index (χ3v) is 3.74. The number of hydrogen-bond donors (Lipinski definition) is 1. The number of thioether (sulfide) groups is 1. The van der Waals surface area contributed by atoms with Crippen LogP contribution in [0, 0.1) is 32.1 Å². The monoisotopic (exact) mass is 264 g/mol. The van der Waals surface area contributed by atoms with E-state index in [9.17, 15) is 0 Å². The van der Waals surface area contributed by atoms with Crippen molar-refractivity contribution in [3.8, 4) is 6.07 Å². The second kappa shape index (κ2) is 7.34. The first-order valence-corrected chi connectivity index (χ1v) is 7.14. The minimum absolute atomic E-state index is 0.0739. The van der Waals surface area contributed by atoms with Crippen LogP contribution < -0.4 is 5.32 Å². The molecule has 0 fully saturated rings. The lowest BCUT2D eigenvalue weighted by Gasteiger charge is -2.09. The summed E-state index contributed by atoms with van der Waals surface area (Å²) in [5.74, 6) is 0.854. The zero-order valence-corrected chi connectivity index (χ0v) is 12.3. The molecule has 0 aliphatic heterocycles. The predicted molar refractivity (Wildman–Crippen MR) is 74.7 cm³/mol. The first kappa shape index (κ1) is 14.9. The van der Waals surface area contributed by atoms with Crippen molar-refractivity contribution in [1.29, 1.82) is 5.26 Å². The third-order valence-electron chi connectivity index (χ3n) is 2.86. The van der Waals surface area contributed by atoms with Gasteiger partial charge in [-0.2, -0.15) is 5.26 Å². The van der Waals surface area contributed by atoms with Crippen LogP contribution in [0.4, 0.5) is 0 Å². The van der Waals surface area contributed by atoms with Crippen molar-refractivity contribution in [2.75, 3.05) is 12.3 Å². The lowest BCUT2D eigenvalue weighted by Crippen LogP contribution is -2.27. The maximum Gasteiger partial charge on any atom is 0.187 e. The summed E-state index contributed by atoms with van der Waals surface area (Å²) in [6, 6.07) is 2.18.